The van der Waals surface area contributed by atoms with Gasteiger partial charge in [0.25, 0.3) is 0 Å². The molecule has 96 valence electrons. The average Bonchev–Trinajstić information content (AvgIpc) is 2.36. The fraction of sp³-hybridized carbons (Fsp3) is 0.400. The first-order valence-electron chi connectivity index (χ1n) is 6.46. The van der Waals surface area contributed by atoms with Crippen LogP contribution >= 0.6 is 15.9 Å². The molecule has 3 heteroatoms. The fourth-order valence-electron chi connectivity index (χ4n) is 2.00. The Bertz CT molecular complexity index is 549. The fourth-order valence-corrected chi connectivity index (χ4v) is 2.47. The Morgan fingerprint density at radius 3 is 2.78 bits per heavy atom. The van der Waals surface area contributed by atoms with Gasteiger partial charge >= 0.3 is 0 Å². The molecule has 0 amide bonds. The van der Waals surface area contributed by atoms with Gasteiger partial charge in [-0.3, -0.25) is 0 Å². The zero-order valence-electron chi connectivity index (χ0n) is 11.1. The number of rotatable bonds is 4. The van der Waals surface area contributed by atoms with Gasteiger partial charge in [0.05, 0.1) is 5.52 Å². The molecule has 2 rings (SSSR count). The van der Waals surface area contributed by atoms with E-state index in [9.17, 15) is 0 Å². The van der Waals surface area contributed by atoms with Gasteiger partial charge in [0.2, 0.25) is 0 Å². The molecule has 0 spiro atoms. The highest BCUT2D eigenvalue weighted by Crippen LogP contribution is 2.30. The lowest BCUT2D eigenvalue weighted by Crippen LogP contribution is -2.06. The normalized spacial score (nSPS) is 11.2. The molecule has 1 aromatic heterocycles. The summed E-state index contributed by atoms with van der Waals surface area (Å²) in [5.74, 6) is 1.49. The quantitative estimate of drug-likeness (QED) is 0.865. The van der Waals surface area contributed by atoms with Crippen LogP contribution in [0.3, 0.4) is 0 Å². The number of anilines is 1. The van der Waals surface area contributed by atoms with Crippen molar-refractivity contribution in [2.45, 2.75) is 33.1 Å². The average molecular weight is 307 g/mol. The van der Waals surface area contributed by atoms with E-state index in [-0.39, 0.29) is 0 Å². The van der Waals surface area contributed by atoms with Gasteiger partial charge in [-0.1, -0.05) is 32.9 Å². The highest BCUT2D eigenvalue weighted by molar-refractivity contribution is 9.10. The maximum absolute atomic E-state index is 4.78. The summed E-state index contributed by atoms with van der Waals surface area (Å²) in [5, 5.41) is 4.62. The first kappa shape index (κ1) is 13.3. The predicted molar refractivity (Wildman–Crippen MR) is 82.3 cm³/mol. The predicted octanol–water partition coefficient (Wildman–Crippen LogP) is 4.94. The van der Waals surface area contributed by atoms with Crippen molar-refractivity contribution in [1.82, 2.24) is 4.98 Å². The molecule has 0 radical (unpaired) electrons. The number of para-hydroxylation sites is 1. The van der Waals surface area contributed by atoms with Crippen LogP contribution in [0.4, 0.5) is 5.82 Å². The smallest absolute Gasteiger partial charge is 0.130 e. The molecular weight excluding hydrogens is 288 g/mol. The van der Waals surface area contributed by atoms with Crippen molar-refractivity contribution in [2.75, 3.05) is 11.9 Å². The van der Waals surface area contributed by atoms with Gasteiger partial charge in [-0.2, -0.15) is 0 Å². The van der Waals surface area contributed by atoms with E-state index in [4.69, 9.17) is 4.98 Å². The van der Waals surface area contributed by atoms with Crippen molar-refractivity contribution in [3.05, 3.63) is 34.3 Å². The van der Waals surface area contributed by atoms with Crippen LogP contribution in [0.15, 0.2) is 28.7 Å². The van der Waals surface area contributed by atoms with E-state index in [0.717, 1.165) is 28.8 Å². The van der Waals surface area contributed by atoms with Gasteiger partial charge in [0, 0.05) is 16.4 Å². The number of nitrogens with zero attached hydrogens (tertiary/aromatic N) is 1. The third-order valence-electron chi connectivity index (χ3n) is 2.99. The Morgan fingerprint density at radius 1 is 1.33 bits per heavy atom. The largest absolute Gasteiger partial charge is 0.370 e. The van der Waals surface area contributed by atoms with Crippen molar-refractivity contribution >= 4 is 32.7 Å². The van der Waals surface area contributed by atoms with Gasteiger partial charge in [0.1, 0.15) is 5.82 Å². The summed E-state index contributed by atoms with van der Waals surface area (Å²) in [6.45, 7) is 7.54. The molecule has 1 N–H and O–H groups in total. The van der Waals surface area contributed by atoms with Crippen LogP contribution < -0.4 is 5.32 Å². The zero-order valence-corrected chi connectivity index (χ0v) is 12.7. The molecule has 18 heavy (non-hydrogen) atoms. The van der Waals surface area contributed by atoms with Crippen LogP contribution in [0.1, 0.15) is 38.7 Å². The number of hydrogen-bond acceptors (Lipinski definition) is 2. The molecule has 0 atom stereocenters. The van der Waals surface area contributed by atoms with E-state index in [1.54, 1.807) is 0 Å². The van der Waals surface area contributed by atoms with Crippen molar-refractivity contribution in [3.8, 4) is 0 Å². The third-order valence-corrected chi connectivity index (χ3v) is 3.63. The molecule has 2 nitrogen and oxygen atoms in total. The lowest BCUT2D eigenvalue weighted by atomic mass is 10.0. The third kappa shape index (κ3) is 2.66. The van der Waals surface area contributed by atoms with Gasteiger partial charge in [-0.25, -0.2) is 4.98 Å². The molecule has 0 saturated heterocycles. The summed E-state index contributed by atoms with van der Waals surface area (Å²) in [6.07, 6.45) is 1.10. The number of halogens is 1. The van der Waals surface area contributed by atoms with Gasteiger partial charge < -0.3 is 5.32 Å². The summed E-state index contributed by atoms with van der Waals surface area (Å²) in [7, 11) is 0. The topological polar surface area (TPSA) is 24.9 Å². The molecule has 0 aliphatic heterocycles. The Labute approximate surface area is 117 Å². The van der Waals surface area contributed by atoms with Crippen LogP contribution in [0, 0.1) is 0 Å². The number of aromatic nitrogens is 1. The first-order valence-corrected chi connectivity index (χ1v) is 7.25. The first-order chi connectivity index (χ1) is 8.63. The Hall–Kier alpha value is -1.09. The van der Waals surface area contributed by atoms with E-state index in [0.29, 0.717) is 5.92 Å². The molecule has 1 aromatic carbocycles. The standard InChI is InChI=1S/C15H19BrN2/c1-4-8-17-15-12(10(2)3)9-11-6-5-7-13(16)14(11)18-15/h5-7,9-10H,4,8H2,1-3H3,(H,17,18). The van der Waals surface area contributed by atoms with Crippen LogP contribution in [-0.2, 0) is 0 Å². The van der Waals surface area contributed by atoms with Crippen molar-refractivity contribution in [1.29, 1.82) is 0 Å². The highest BCUT2D eigenvalue weighted by atomic mass is 79.9. The van der Waals surface area contributed by atoms with Crippen LogP contribution in [0.2, 0.25) is 0 Å². The molecule has 0 fully saturated rings. The monoisotopic (exact) mass is 306 g/mol. The summed E-state index contributed by atoms with van der Waals surface area (Å²) < 4.78 is 1.05. The molecule has 2 aromatic rings. The lowest BCUT2D eigenvalue weighted by Gasteiger charge is -2.15. The summed E-state index contributed by atoms with van der Waals surface area (Å²) in [5.41, 5.74) is 2.31. The minimum absolute atomic E-state index is 0.472. The maximum atomic E-state index is 4.78. The van der Waals surface area contributed by atoms with Crippen molar-refractivity contribution < 1.29 is 0 Å². The van der Waals surface area contributed by atoms with E-state index in [1.807, 2.05) is 6.07 Å². The van der Waals surface area contributed by atoms with E-state index < -0.39 is 0 Å². The summed E-state index contributed by atoms with van der Waals surface area (Å²) in [4.78, 5) is 4.78. The second kappa shape index (κ2) is 5.70. The maximum Gasteiger partial charge on any atom is 0.130 e. The summed E-state index contributed by atoms with van der Waals surface area (Å²) >= 11 is 3.57. The lowest BCUT2D eigenvalue weighted by molar-refractivity contribution is 0.856. The molecule has 0 aliphatic rings. The number of hydrogen-bond donors (Lipinski definition) is 1. The Morgan fingerprint density at radius 2 is 2.11 bits per heavy atom. The Kier molecular flexibility index (Phi) is 4.23. The second-order valence-electron chi connectivity index (χ2n) is 4.82. The zero-order chi connectivity index (χ0) is 13.1. The van der Waals surface area contributed by atoms with Gasteiger partial charge in [-0.05, 0) is 46.0 Å². The number of nitrogens with one attached hydrogen (secondary N) is 1. The van der Waals surface area contributed by atoms with Crippen LogP contribution in [-0.4, -0.2) is 11.5 Å². The van der Waals surface area contributed by atoms with E-state index >= 15 is 0 Å². The van der Waals surface area contributed by atoms with Crippen LogP contribution in [0.25, 0.3) is 10.9 Å². The van der Waals surface area contributed by atoms with Crippen LogP contribution in [0.5, 0.6) is 0 Å². The van der Waals surface area contributed by atoms with E-state index in [1.165, 1.54) is 10.9 Å². The van der Waals surface area contributed by atoms with Gasteiger partial charge in [0.15, 0.2) is 0 Å². The van der Waals surface area contributed by atoms with Crippen molar-refractivity contribution in [2.24, 2.45) is 0 Å². The SMILES string of the molecule is CCCNc1nc2c(Br)cccc2cc1C(C)C. The molecule has 0 aliphatic carbocycles. The minimum atomic E-state index is 0.472. The van der Waals surface area contributed by atoms with Gasteiger partial charge in [-0.15, -0.1) is 0 Å². The second-order valence-corrected chi connectivity index (χ2v) is 5.67. The van der Waals surface area contributed by atoms with Crippen molar-refractivity contribution in [3.63, 3.8) is 0 Å². The highest BCUT2D eigenvalue weighted by Gasteiger charge is 2.11. The minimum Gasteiger partial charge on any atom is -0.370 e. The molecular formula is C15H19BrN2. The Balaban J connectivity index is 2.57. The van der Waals surface area contributed by atoms with E-state index in [2.05, 4.69) is 60.2 Å². The molecule has 0 saturated carbocycles. The molecule has 1 heterocycles. The number of fused-ring (bicyclic) bond motifs is 1. The summed E-state index contributed by atoms with van der Waals surface area (Å²) in [6, 6.07) is 8.45. The molecule has 0 unspecified atom stereocenters. The number of benzene rings is 1. The number of pyridine rings is 1. The molecule has 0 bridgehead atoms.